The van der Waals surface area contributed by atoms with Gasteiger partial charge in [-0.05, 0) is 42.8 Å². The zero-order valence-corrected chi connectivity index (χ0v) is 21.6. The maximum atomic E-state index is 12.8. The van der Waals surface area contributed by atoms with E-state index in [0.29, 0.717) is 25.5 Å². The van der Waals surface area contributed by atoms with Gasteiger partial charge >= 0.3 is 0 Å². The number of carbonyl (C=O) groups is 1. The summed E-state index contributed by atoms with van der Waals surface area (Å²) in [5.41, 5.74) is 5.01. The Hall–Kier alpha value is -3.97. The molecule has 0 spiro atoms. The minimum Gasteiger partial charge on any atom is -0.477 e. The largest absolute Gasteiger partial charge is 0.477 e. The highest BCUT2D eigenvalue weighted by molar-refractivity contribution is 5.87. The fourth-order valence-corrected chi connectivity index (χ4v) is 5.37. The molecule has 0 aliphatic carbocycles. The Kier molecular flexibility index (Phi) is 6.92. The number of nitrogens with zero attached hydrogens (tertiary/aromatic N) is 4. The lowest BCUT2D eigenvalue weighted by molar-refractivity contribution is -0.129. The van der Waals surface area contributed by atoms with Crippen molar-refractivity contribution in [2.24, 2.45) is 5.92 Å². The van der Waals surface area contributed by atoms with Crippen LogP contribution in [-0.4, -0.2) is 60.2 Å². The predicted octanol–water partition coefficient (Wildman–Crippen LogP) is 5.12. The zero-order valence-electron chi connectivity index (χ0n) is 21.6. The molecule has 2 aliphatic heterocycles. The van der Waals surface area contributed by atoms with Gasteiger partial charge < -0.3 is 19.3 Å². The molecule has 2 fully saturated rings. The highest BCUT2D eigenvalue weighted by Crippen LogP contribution is 2.32. The van der Waals surface area contributed by atoms with Crippen molar-refractivity contribution in [1.29, 1.82) is 0 Å². The first-order valence-corrected chi connectivity index (χ1v) is 13.3. The number of fused-ring (bicyclic) bond motifs is 1. The monoisotopic (exact) mass is 508 g/mol. The third-order valence-electron chi connectivity index (χ3n) is 7.55. The molecule has 2 aliphatic rings. The molecule has 4 aromatic rings. The molecule has 7 heteroatoms. The van der Waals surface area contributed by atoms with Gasteiger partial charge in [0.1, 0.15) is 0 Å². The molecule has 2 saturated heterocycles. The number of amides is 1. The van der Waals surface area contributed by atoms with Crippen LogP contribution in [0.1, 0.15) is 24.9 Å². The lowest BCUT2D eigenvalue weighted by Crippen LogP contribution is -2.36. The summed E-state index contributed by atoms with van der Waals surface area (Å²) < 4.78 is 11.8. The third-order valence-corrected chi connectivity index (χ3v) is 7.55. The number of anilines is 1. The Labute approximate surface area is 223 Å². The highest BCUT2D eigenvalue weighted by atomic mass is 16.5. The second-order valence-corrected chi connectivity index (χ2v) is 10.0. The van der Waals surface area contributed by atoms with Gasteiger partial charge in [0.15, 0.2) is 0 Å². The molecule has 6 rings (SSSR count). The van der Waals surface area contributed by atoms with Crippen LogP contribution in [0.4, 0.5) is 5.69 Å². The Morgan fingerprint density at radius 1 is 1.03 bits per heavy atom. The Balaban J connectivity index is 1.19. The number of ether oxygens (including phenoxy) is 2. The molecule has 1 amide bonds. The predicted molar refractivity (Wildman–Crippen MR) is 148 cm³/mol. The van der Waals surface area contributed by atoms with E-state index in [4.69, 9.17) is 14.5 Å². The molecule has 7 nitrogen and oxygen atoms in total. The SMILES string of the molecule is C[C@H](c1ccccc1)N1C[C@H](COc2nc(-c3ccc(N4CCOCC4)cc3)cc3ncccc23)CC1=O. The van der Waals surface area contributed by atoms with Gasteiger partial charge in [-0.15, -0.1) is 0 Å². The summed E-state index contributed by atoms with van der Waals surface area (Å²) in [5, 5.41) is 0.875. The van der Waals surface area contributed by atoms with Crippen LogP contribution in [0.5, 0.6) is 5.88 Å². The lowest BCUT2D eigenvalue weighted by Gasteiger charge is -2.28. The van der Waals surface area contributed by atoms with Gasteiger partial charge in [0.2, 0.25) is 11.8 Å². The molecule has 38 heavy (non-hydrogen) atoms. The minimum atomic E-state index is 0.0422. The lowest BCUT2D eigenvalue weighted by atomic mass is 10.1. The molecule has 0 unspecified atom stereocenters. The smallest absolute Gasteiger partial charge is 0.223 e. The standard InChI is InChI=1S/C31H32N4O3/c1-22(24-6-3-2-4-7-24)35-20-23(18-30(35)36)21-38-31-27-8-5-13-32-29(27)19-28(33-31)25-9-11-26(12-10-25)34-14-16-37-17-15-34/h2-13,19,22-23H,14-18,20-21H2,1H3/t22-,23-/m1/s1. The van der Waals surface area contributed by atoms with E-state index in [1.807, 2.05) is 41.3 Å². The first kappa shape index (κ1) is 24.4. The van der Waals surface area contributed by atoms with E-state index in [1.165, 1.54) is 5.69 Å². The normalized spacial score (nSPS) is 18.7. The second kappa shape index (κ2) is 10.8. The van der Waals surface area contributed by atoms with E-state index in [0.717, 1.165) is 54.0 Å². The summed E-state index contributed by atoms with van der Waals surface area (Å²) in [7, 11) is 0. The van der Waals surface area contributed by atoms with Crippen molar-refractivity contribution in [3.05, 3.63) is 84.6 Å². The molecule has 2 atom stereocenters. The Bertz CT molecular complexity index is 1400. The van der Waals surface area contributed by atoms with Crippen molar-refractivity contribution in [1.82, 2.24) is 14.9 Å². The van der Waals surface area contributed by atoms with Crippen LogP contribution in [0.3, 0.4) is 0 Å². The summed E-state index contributed by atoms with van der Waals surface area (Å²) in [5.74, 6) is 0.840. The molecule has 0 radical (unpaired) electrons. The van der Waals surface area contributed by atoms with Crippen LogP contribution in [0.2, 0.25) is 0 Å². The number of morpholine rings is 1. The zero-order chi connectivity index (χ0) is 25.9. The van der Waals surface area contributed by atoms with Crippen molar-refractivity contribution in [3.8, 4) is 17.1 Å². The van der Waals surface area contributed by atoms with E-state index in [2.05, 4.69) is 53.2 Å². The van der Waals surface area contributed by atoms with Crippen LogP contribution >= 0.6 is 0 Å². The third kappa shape index (κ3) is 5.07. The maximum absolute atomic E-state index is 12.8. The number of aromatic nitrogens is 2. The number of rotatable bonds is 7. The molecule has 0 N–H and O–H groups in total. The molecular formula is C31H32N4O3. The highest BCUT2D eigenvalue weighted by Gasteiger charge is 2.33. The van der Waals surface area contributed by atoms with Crippen molar-refractivity contribution >= 4 is 22.5 Å². The summed E-state index contributed by atoms with van der Waals surface area (Å²) in [4.78, 5) is 26.6. The molecule has 0 bridgehead atoms. The van der Waals surface area contributed by atoms with Gasteiger partial charge in [-0.3, -0.25) is 9.78 Å². The molecule has 2 aromatic heterocycles. The van der Waals surface area contributed by atoms with E-state index in [1.54, 1.807) is 6.20 Å². The van der Waals surface area contributed by atoms with Gasteiger partial charge in [-0.2, -0.15) is 0 Å². The van der Waals surface area contributed by atoms with Crippen molar-refractivity contribution in [3.63, 3.8) is 0 Å². The van der Waals surface area contributed by atoms with E-state index >= 15 is 0 Å². The van der Waals surface area contributed by atoms with Crippen molar-refractivity contribution in [2.75, 3.05) is 44.4 Å². The molecule has 4 heterocycles. The quantitative estimate of drug-likeness (QED) is 0.345. The number of hydrogen-bond donors (Lipinski definition) is 0. The molecular weight excluding hydrogens is 476 g/mol. The van der Waals surface area contributed by atoms with Gasteiger partial charge in [0.05, 0.1) is 42.5 Å². The van der Waals surface area contributed by atoms with Crippen LogP contribution in [0.15, 0.2) is 79.0 Å². The van der Waals surface area contributed by atoms with Crippen molar-refractivity contribution < 1.29 is 14.3 Å². The number of hydrogen-bond acceptors (Lipinski definition) is 6. The number of likely N-dealkylation sites (tertiary alicyclic amines) is 1. The van der Waals surface area contributed by atoms with Crippen LogP contribution in [0.25, 0.3) is 22.2 Å². The fourth-order valence-electron chi connectivity index (χ4n) is 5.37. The van der Waals surface area contributed by atoms with Gasteiger partial charge in [0, 0.05) is 49.4 Å². The Morgan fingerprint density at radius 3 is 2.61 bits per heavy atom. The summed E-state index contributed by atoms with van der Waals surface area (Å²) in [6.07, 6.45) is 2.27. The van der Waals surface area contributed by atoms with E-state index in [9.17, 15) is 4.79 Å². The van der Waals surface area contributed by atoms with Gasteiger partial charge in [-0.1, -0.05) is 42.5 Å². The van der Waals surface area contributed by atoms with Crippen LogP contribution in [0, 0.1) is 5.92 Å². The maximum Gasteiger partial charge on any atom is 0.223 e. The van der Waals surface area contributed by atoms with Crippen LogP contribution in [-0.2, 0) is 9.53 Å². The van der Waals surface area contributed by atoms with Crippen molar-refractivity contribution in [2.45, 2.75) is 19.4 Å². The molecule has 2 aromatic carbocycles. The average Bonchev–Trinajstić information content (AvgIpc) is 3.36. The molecule has 194 valence electrons. The summed E-state index contributed by atoms with van der Waals surface area (Å²) >= 11 is 0. The fraction of sp³-hybridized carbons (Fsp3) is 0.323. The van der Waals surface area contributed by atoms with Gasteiger partial charge in [-0.25, -0.2) is 4.98 Å². The minimum absolute atomic E-state index is 0.0422. The number of benzene rings is 2. The van der Waals surface area contributed by atoms with Gasteiger partial charge in [0.25, 0.3) is 0 Å². The summed E-state index contributed by atoms with van der Waals surface area (Å²) in [6, 6.07) is 24.6. The first-order valence-electron chi connectivity index (χ1n) is 13.3. The topological polar surface area (TPSA) is 67.8 Å². The average molecular weight is 509 g/mol. The number of pyridine rings is 2. The Morgan fingerprint density at radius 2 is 1.82 bits per heavy atom. The first-order chi connectivity index (χ1) is 18.7. The van der Waals surface area contributed by atoms with E-state index < -0.39 is 0 Å². The summed E-state index contributed by atoms with van der Waals surface area (Å²) in [6.45, 7) is 6.52. The van der Waals surface area contributed by atoms with E-state index in [-0.39, 0.29) is 17.9 Å². The van der Waals surface area contributed by atoms with Crippen LogP contribution < -0.4 is 9.64 Å². The second-order valence-electron chi connectivity index (χ2n) is 10.0. The number of carbonyl (C=O) groups excluding carboxylic acids is 1. The molecule has 0 saturated carbocycles.